The topological polar surface area (TPSA) is 92.3 Å². The minimum Gasteiger partial charge on any atom is -0.330 e. The maximum absolute atomic E-state index is 4.21. The molecule has 0 aliphatic carbocycles. The molecule has 3 heterocycles. The van der Waals surface area contributed by atoms with Gasteiger partial charge in [-0.25, -0.2) is 0 Å². The van der Waals surface area contributed by atoms with Crippen molar-refractivity contribution in [3.8, 4) is 10.7 Å². The Morgan fingerprint density at radius 1 is 1.10 bits per heavy atom. The summed E-state index contributed by atoms with van der Waals surface area (Å²) in [4.78, 5) is 8.24. The third-order valence-corrected chi connectivity index (χ3v) is 3.76. The van der Waals surface area contributed by atoms with Crippen molar-refractivity contribution >= 4 is 33.1 Å². The summed E-state index contributed by atoms with van der Waals surface area (Å²) < 4.78 is 0. The van der Waals surface area contributed by atoms with E-state index in [0.717, 1.165) is 21.6 Å². The average molecular weight is 295 g/mol. The fraction of sp³-hybridized carbons (Fsp3) is 0. The van der Waals surface area contributed by atoms with Crippen LogP contribution in [0.25, 0.3) is 21.6 Å². The molecule has 8 heteroatoms. The molecule has 0 spiro atoms. The molecule has 4 rings (SSSR count). The molecule has 0 aliphatic rings. The van der Waals surface area contributed by atoms with Crippen LogP contribution >= 0.6 is 11.3 Å². The molecule has 0 unspecified atom stereocenters. The molecular formula is C13H9N7S. The van der Waals surface area contributed by atoms with E-state index in [1.807, 2.05) is 18.2 Å². The summed E-state index contributed by atoms with van der Waals surface area (Å²) in [6.45, 7) is 0. The first-order valence-electron chi connectivity index (χ1n) is 6.18. The number of hydrogen-bond acceptors (Lipinski definition) is 7. The van der Waals surface area contributed by atoms with Gasteiger partial charge in [-0.1, -0.05) is 11.3 Å². The smallest absolute Gasteiger partial charge is 0.210 e. The van der Waals surface area contributed by atoms with Gasteiger partial charge < -0.3 is 5.32 Å². The van der Waals surface area contributed by atoms with E-state index < -0.39 is 0 Å². The number of rotatable bonds is 3. The van der Waals surface area contributed by atoms with Gasteiger partial charge in [-0.2, -0.15) is 5.10 Å². The first-order chi connectivity index (χ1) is 10.4. The first-order valence-corrected chi connectivity index (χ1v) is 7.00. The Labute approximate surface area is 123 Å². The predicted octanol–water partition coefficient (Wildman–Crippen LogP) is 2.62. The Balaban J connectivity index is 1.61. The number of benzene rings is 1. The van der Waals surface area contributed by atoms with Crippen LogP contribution in [-0.2, 0) is 0 Å². The number of hydrogen-bond donors (Lipinski definition) is 2. The van der Waals surface area contributed by atoms with E-state index in [1.165, 1.54) is 11.3 Å². The quantitative estimate of drug-likeness (QED) is 0.603. The van der Waals surface area contributed by atoms with Crippen LogP contribution < -0.4 is 5.32 Å². The number of anilines is 2. The standard InChI is InChI=1S/C13H9N7S/c1-2-10-8(6-16-18-10)5-9(1)17-13-20-19-12(21-13)11-7-14-3-4-15-11/h1-7H,(H,16,18)(H,17,20). The monoisotopic (exact) mass is 295 g/mol. The van der Waals surface area contributed by atoms with Crippen molar-refractivity contribution in [1.29, 1.82) is 0 Å². The predicted molar refractivity (Wildman–Crippen MR) is 80.3 cm³/mol. The minimum absolute atomic E-state index is 0.707. The summed E-state index contributed by atoms with van der Waals surface area (Å²) in [6, 6.07) is 5.93. The van der Waals surface area contributed by atoms with Gasteiger partial charge in [0.2, 0.25) is 5.13 Å². The van der Waals surface area contributed by atoms with Crippen LogP contribution in [0.1, 0.15) is 0 Å². The molecule has 0 amide bonds. The number of H-pyrrole nitrogens is 1. The normalized spacial score (nSPS) is 10.9. The van der Waals surface area contributed by atoms with Gasteiger partial charge in [-0.05, 0) is 18.2 Å². The Morgan fingerprint density at radius 3 is 3.00 bits per heavy atom. The summed E-state index contributed by atoms with van der Waals surface area (Å²) in [5.41, 5.74) is 2.65. The van der Waals surface area contributed by atoms with Gasteiger partial charge in [0.1, 0.15) is 5.69 Å². The molecule has 0 fully saturated rings. The maximum atomic E-state index is 4.21. The molecule has 0 radical (unpaired) electrons. The lowest BCUT2D eigenvalue weighted by atomic mass is 10.2. The lowest BCUT2D eigenvalue weighted by molar-refractivity contribution is 1.08. The number of aromatic nitrogens is 6. The maximum Gasteiger partial charge on any atom is 0.210 e. The van der Waals surface area contributed by atoms with Crippen molar-refractivity contribution in [3.05, 3.63) is 43.0 Å². The van der Waals surface area contributed by atoms with Crippen LogP contribution in [0.5, 0.6) is 0 Å². The van der Waals surface area contributed by atoms with E-state index in [-0.39, 0.29) is 0 Å². The third-order valence-electron chi connectivity index (χ3n) is 2.90. The number of nitrogens with one attached hydrogen (secondary N) is 2. The molecule has 0 saturated carbocycles. The lowest BCUT2D eigenvalue weighted by Gasteiger charge is -2.01. The zero-order chi connectivity index (χ0) is 14.1. The largest absolute Gasteiger partial charge is 0.330 e. The van der Waals surface area contributed by atoms with Crippen molar-refractivity contribution in [1.82, 2.24) is 30.4 Å². The highest BCUT2D eigenvalue weighted by Crippen LogP contribution is 2.27. The van der Waals surface area contributed by atoms with Crippen LogP contribution in [-0.4, -0.2) is 30.4 Å². The molecule has 7 nitrogen and oxygen atoms in total. The Hall–Kier alpha value is -2.87. The zero-order valence-electron chi connectivity index (χ0n) is 10.7. The molecule has 0 saturated heterocycles. The minimum atomic E-state index is 0.707. The molecule has 3 aromatic heterocycles. The van der Waals surface area contributed by atoms with Crippen LogP contribution in [0, 0.1) is 0 Å². The second-order valence-corrected chi connectivity index (χ2v) is 5.28. The molecule has 2 N–H and O–H groups in total. The molecule has 0 aliphatic heterocycles. The second kappa shape index (κ2) is 4.91. The Kier molecular flexibility index (Phi) is 2.79. The van der Waals surface area contributed by atoms with Gasteiger partial charge in [0.05, 0.1) is 17.9 Å². The fourth-order valence-electron chi connectivity index (χ4n) is 1.93. The Morgan fingerprint density at radius 2 is 2.10 bits per heavy atom. The molecule has 0 atom stereocenters. The molecular weight excluding hydrogens is 286 g/mol. The van der Waals surface area contributed by atoms with Gasteiger partial charge in [-0.3, -0.25) is 15.1 Å². The summed E-state index contributed by atoms with van der Waals surface area (Å²) in [6.07, 6.45) is 6.72. The van der Waals surface area contributed by atoms with E-state index in [0.29, 0.717) is 10.8 Å². The van der Waals surface area contributed by atoms with E-state index in [4.69, 9.17) is 0 Å². The van der Waals surface area contributed by atoms with Crippen LogP contribution in [0.3, 0.4) is 0 Å². The SMILES string of the molecule is c1cnc(-c2nnc(Nc3ccc4[nH]ncc4c3)s2)cn1. The van der Waals surface area contributed by atoms with Crippen molar-refractivity contribution in [3.63, 3.8) is 0 Å². The highest BCUT2D eigenvalue weighted by atomic mass is 32.1. The van der Waals surface area contributed by atoms with Gasteiger partial charge in [-0.15, -0.1) is 10.2 Å². The lowest BCUT2D eigenvalue weighted by Crippen LogP contribution is -1.88. The summed E-state index contributed by atoms with van der Waals surface area (Å²) >= 11 is 1.43. The molecule has 1 aromatic carbocycles. The fourth-order valence-corrected chi connectivity index (χ4v) is 2.66. The molecule has 0 bridgehead atoms. The summed E-state index contributed by atoms with van der Waals surface area (Å²) in [5, 5.41) is 20.9. The number of aromatic amines is 1. The van der Waals surface area contributed by atoms with Crippen LogP contribution in [0.4, 0.5) is 10.8 Å². The highest BCUT2D eigenvalue weighted by molar-refractivity contribution is 7.18. The van der Waals surface area contributed by atoms with Crippen molar-refractivity contribution in [2.75, 3.05) is 5.32 Å². The molecule has 102 valence electrons. The van der Waals surface area contributed by atoms with Gasteiger partial charge in [0, 0.05) is 23.5 Å². The number of nitrogens with zero attached hydrogens (tertiary/aromatic N) is 5. The highest BCUT2D eigenvalue weighted by Gasteiger charge is 2.08. The Bertz CT molecular complexity index is 884. The van der Waals surface area contributed by atoms with E-state index in [1.54, 1.807) is 24.8 Å². The van der Waals surface area contributed by atoms with Crippen LogP contribution in [0.15, 0.2) is 43.0 Å². The second-order valence-electron chi connectivity index (χ2n) is 4.30. The van der Waals surface area contributed by atoms with E-state index in [2.05, 4.69) is 35.7 Å². The average Bonchev–Trinajstić information content (AvgIpc) is 3.17. The molecule has 4 aromatic rings. The zero-order valence-corrected chi connectivity index (χ0v) is 11.5. The van der Waals surface area contributed by atoms with Crippen molar-refractivity contribution in [2.24, 2.45) is 0 Å². The van der Waals surface area contributed by atoms with E-state index in [9.17, 15) is 0 Å². The van der Waals surface area contributed by atoms with Gasteiger partial charge in [0.25, 0.3) is 0 Å². The van der Waals surface area contributed by atoms with Crippen LogP contribution in [0.2, 0.25) is 0 Å². The van der Waals surface area contributed by atoms with E-state index >= 15 is 0 Å². The first kappa shape index (κ1) is 11.9. The van der Waals surface area contributed by atoms with Crippen molar-refractivity contribution in [2.45, 2.75) is 0 Å². The third kappa shape index (κ3) is 2.32. The van der Waals surface area contributed by atoms with Gasteiger partial charge in [0.15, 0.2) is 5.01 Å². The van der Waals surface area contributed by atoms with Gasteiger partial charge >= 0.3 is 0 Å². The summed E-state index contributed by atoms with van der Waals surface area (Å²) in [5.74, 6) is 0. The summed E-state index contributed by atoms with van der Waals surface area (Å²) in [7, 11) is 0. The number of fused-ring (bicyclic) bond motifs is 1. The van der Waals surface area contributed by atoms with Crippen molar-refractivity contribution < 1.29 is 0 Å². The molecule has 21 heavy (non-hydrogen) atoms.